The molecule has 0 atom stereocenters. The van der Waals surface area contributed by atoms with E-state index in [4.69, 9.17) is 0 Å². The number of hydrogen-bond donors (Lipinski definition) is 0. The van der Waals surface area contributed by atoms with Crippen LogP contribution in [0, 0.1) is 0 Å². The van der Waals surface area contributed by atoms with E-state index >= 15 is 0 Å². The van der Waals surface area contributed by atoms with Gasteiger partial charge in [0.05, 0.1) is 5.56 Å². The van der Waals surface area contributed by atoms with Gasteiger partial charge in [0.2, 0.25) is 5.38 Å². The van der Waals surface area contributed by atoms with E-state index < -0.39 is 0 Å². The number of benzene rings is 1. The van der Waals surface area contributed by atoms with Gasteiger partial charge in [0.25, 0.3) is 10.3 Å². The van der Waals surface area contributed by atoms with Crippen molar-refractivity contribution in [3.8, 4) is 11.1 Å². The van der Waals surface area contributed by atoms with Crippen LogP contribution in [-0.2, 0) is 0 Å². The second-order valence-electron chi connectivity index (χ2n) is 2.57. The third kappa shape index (κ3) is 1.93. The number of rotatable bonds is 2. The molecule has 0 aliphatic rings. The molecule has 0 amide bonds. The fourth-order valence-electron chi connectivity index (χ4n) is 1.16. The lowest BCUT2D eigenvalue weighted by Gasteiger charge is -1.95. The van der Waals surface area contributed by atoms with Gasteiger partial charge in [0.1, 0.15) is 4.21 Å². The van der Waals surface area contributed by atoms with Crippen molar-refractivity contribution < 1.29 is 0 Å². The molecule has 2 aromatic rings. The molecule has 0 spiro atoms. The summed E-state index contributed by atoms with van der Waals surface area (Å²) in [5.74, 6) is 0. The summed E-state index contributed by atoms with van der Waals surface area (Å²) in [5.41, 5.74) is 2.70. The predicted molar refractivity (Wildman–Crippen MR) is 63.8 cm³/mol. The first kappa shape index (κ1) is 9.19. The summed E-state index contributed by atoms with van der Waals surface area (Å²) < 4.78 is 1.41. The Morgan fingerprint density at radius 1 is 1.23 bits per heavy atom. The lowest BCUT2D eigenvalue weighted by atomic mass is 10.1. The molecule has 0 saturated heterocycles. The maximum absolute atomic E-state index is 2.23. The van der Waals surface area contributed by atoms with Gasteiger partial charge >= 0.3 is 0 Å². The highest BCUT2D eigenvalue weighted by molar-refractivity contribution is 8.02. The molecule has 0 unspecified atom stereocenters. The van der Waals surface area contributed by atoms with Gasteiger partial charge < -0.3 is 0 Å². The largest absolute Gasteiger partial charge is 0.293 e. The van der Waals surface area contributed by atoms with Crippen molar-refractivity contribution in [1.82, 2.24) is 0 Å². The van der Waals surface area contributed by atoms with Gasteiger partial charge in [-0.15, -0.1) is 11.8 Å². The van der Waals surface area contributed by atoms with E-state index in [1.165, 1.54) is 15.3 Å². The maximum atomic E-state index is 2.23. The molecule has 0 fully saturated rings. The lowest BCUT2D eigenvalue weighted by molar-refractivity contribution is 1.61. The van der Waals surface area contributed by atoms with E-state index in [-0.39, 0.29) is 0 Å². The quantitative estimate of drug-likeness (QED) is 0.412. The minimum absolute atomic E-state index is 1.32. The number of thioether (sulfide) groups is 1. The second kappa shape index (κ2) is 4.22. The number of hydrogen-bond acceptors (Lipinski definition) is 2. The third-order valence-corrected chi connectivity index (χ3v) is 5.31. The zero-order chi connectivity index (χ0) is 9.10. The molecule has 1 heterocycles. The van der Waals surface area contributed by atoms with E-state index in [0.29, 0.717) is 0 Å². The van der Waals surface area contributed by atoms with Gasteiger partial charge in [-0.1, -0.05) is 30.3 Å². The smallest absolute Gasteiger partial charge is 0.113 e. The van der Waals surface area contributed by atoms with Crippen molar-refractivity contribution in [3.63, 3.8) is 0 Å². The second-order valence-corrected chi connectivity index (χ2v) is 5.72. The van der Waals surface area contributed by atoms with Gasteiger partial charge in [0, 0.05) is 0 Å². The molecule has 2 rings (SSSR count). The lowest BCUT2D eigenvalue weighted by Crippen LogP contribution is -1.73. The normalized spacial score (nSPS) is 10.2. The van der Waals surface area contributed by atoms with E-state index in [1.807, 2.05) is 22.1 Å². The summed E-state index contributed by atoms with van der Waals surface area (Å²) in [4.78, 5) is 0. The Bertz CT molecular complexity index is 378. The van der Waals surface area contributed by atoms with Gasteiger partial charge in [-0.2, -0.15) is 0 Å². The van der Waals surface area contributed by atoms with Crippen LogP contribution in [0.15, 0.2) is 39.9 Å². The molecule has 1 aromatic carbocycles. The van der Waals surface area contributed by atoms with Crippen LogP contribution in [0.1, 0.15) is 0 Å². The van der Waals surface area contributed by atoms with Crippen molar-refractivity contribution in [1.29, 1.82) is 0 Å². The first-order chi connectivity index (χ1) is 6.42. The predicted octanol–water partition coefficient (Wildman–Crippen LogP) is 4.48. The van der Waals surface area contributed by atoms with Gasteiger partial charge in [-0.05, 0) is 11.8 Å². The van der Waals surface area contributed by atoms with Crippen molar-refractivity contribution in [2.45, 2.75) is 4.21 Å². The molecule has 0 aliphatic carbocycles. The molecule has 0 bridgehead atoms. The highest BCUT2D eigenvalue weighted by Gasteiger charge is 2.13. The molecule has 3 heteroatoms. The Balaban J connectivity index is 2.47. The minimum Gasteiger partial charge on any atom is -0.113 e. The molecular formula is C10H9S3+. The average molecular weight is 225 g/mol. The first-order valence-electron chi connectivity index (χ1n) is 3.92. The van der Waals surface area contributed by atoms with Crippen molar-refractivity contribution in [2.24, 2.45) is 0 Å². The monoisotopic (exact) mass is 225 g/mol. The first-order valence-corrected chi connectivity index (χ1v) is 7.36. The molecule has 0 nitrogen and oxygen atoms in total. The highest BCUT2D eigenvalue weighted by atomic mass is 32.9. The summed E-state index contributed by atoms with van der Waals surface area (Å²) >= 11 is 1.83. The highest BCUT2D eigenvalue weighted by Crippen LogP contribution is 2.37. The SMILES string of the molecule is CSc1s[s+]cc1-c1ccccc1. The molecule has 0 saturated carbocycles. The maximum Gasteiger partial charge on any atom is 0.293 e. The van der Waals surface area contributed by atoms with Crippen LogP contribution in [0.4, 0.5) is 0 Å². The summed E-state index contributed by atoms with van der Waals surface area (Å²) in [6, 6.07) is 10.5. The Morgan fingerprint density at radius 3 is 2.69 bits per heavy atom. The Kier molecular flexibility index (Phi) is 2.98. The van der Waals surface area contributed by atoms with Crippen LogP contribution in [0.25, 0.3) is 11.1 Å². The third-order valence-electron chi connectivity index (χ3n) is 1.78. The van der Waals surface area contributed by atoms with Crippen molar-refractivity contribution in [3.05, 3.63) is 35.7 Å². The topological polar surface area (TPSA) is 0 Å². The van der Waals surface area contributed by atoms with Gasteiger partial charge in [-0.3, -0.25) is 0 Å². The Hall–Kier alpha value is -0.380. The van der Waals surface area contributed by atoms with Gasteiger partial charge in [-0.25, -0.2) is 0 Å². The van der Waals surface area contributed by atoms with E-state index in [0.717, 1.165) is 0 Å². The molecule has 0 radical (unpaired) electrons. The summed E-state index contributed by atoms with van der Waals surface area (Å²) in [5, 5.41) is 2.23. The standard InChI is InChI=1S/C10H9S3/c1-11-10-9(7-12-13-10)8-5-3-2-4-6-8/h2-7H,1H3/q+1. The van der Waals surface area contributed by atoms with Crippen LogP contribution in [0.5, 0.6) is 0 Å². The van der Waals surface area contributed by atoms with Crippen LogP contribution < -0.4 is 0 Å². The fraction of sp³-hybridized carbons (Fsp3) is 0.100. The van der Waals surface area contributed by atoms with Crippen molar-refractivity contribution >= 4 is 32.4 Å². The molecule has 0 aliphatic heterocycles. The fourth-order valence-corrected chi connectivity index (χ4v) is 4.66. The van der Waals surface area contributed by atoms with Crippen LogP contribution in [0.3, 0.4) is 0 Å². The molecule has 0 N–H and O–H groups in total. The Labute approximate surface area is 89.6 Å². The minimum atomic E-state index is 1.32. The zero-order valence-corrected chi connectivity index (χ0v) is 9.64. The van der Waals surface area contributed by atoms with E-state index in [9.17, 15) is 0 Å². The van der Waals surface area contributed by atoms with Crippen LogP contribution in [0.2, 0.25) is 0 Å². The molecule has 1 aromatic heterocycles. The van der Waals surface area contributed by atoms with Gasteiger partial charge in [0.15, 0.2) is 10.3 Å². The van der Waals surface area contributed by atoms with E-state index in [2.05, 4.69) is 42.0 Å². The van der Waals surface area contributed by atoms with Crippen LogP contribution >= 0.6 is 32.4 Å². The van der Waals surface area contributed by atoms with Crippen molar-refractivity contribution in [2.75, 3.05) is 6.26 Å². The van der Waals surface area contributed by atoms with E-state index in [1.54, 1.807) is 10.3 Å². The summed E-state index contributed by atoms with van der Waals surface area (Å²) in [6.07, 6.45) is 2.13. The summed E-state index contributed by atoms with van der Waals surface area (Å²) in [7, 11) is 3.66. The molecule has 66 valence electrons. The Morgan fingerprint density at radius 2 is 2.00 bits per heavy atom. The summed E-state index contributed by atoms with van der Waals surface area (Å²) in [6.45, 7) is 0. The molecule has 13 heavy (non-hydrogen) atoms. The zero-order valence-electron chi connectivity index (χ0n) is 7.19. The average Bonchev–Trinajstić information content (AvgIpc) is 2.67. The molecular weight excluding hydrogens is 216 g/mol. The van der Waals surface area contributed by atoms with Crippen LogP contribution in [-0.4, -0.2) is 6.26 Å².